The van der Waals surface area contributed by atoms with Gasteiger partial charge in [-0.05, 0) is 26.0 Å². The summed E-state index contributed by atoms with van der Waals surface area (Å²) in [6, 6.07) is 5.44. The maximum absolute atomic E-state index is 9.77. The van der Waals surface area contributed by atoms with Crippen LogP contribution in [0.2, 0.25) is 0 Å². The smallest absolute Gasteiger partial charge is 0.161 e. The molecule has 4 nitrogen and oxygen atoms in total. The highest BCUT2D eigenvalue weighted by Crippen LogP contribution is 2.30. The minimum atomic E-state index is 0.165. The summed E-state index contributed by atoms with van der Waals surface area (Å²) >= 11 is 0. The molecular weight excluding hydrogens is 204 g/mol. The van der Waals surface area contributed by atoms with Gasteiger partial charge in [0.2, 0.25) is 0 Å². The van der Waals surface area contributed by atoms with Gasteiger partial charge in [-0.15, -0.1) is 0 Å². The highest BCUT2D eigenvalue weighted by atomic mass is 16.5. The van der Waals surface area contributed by atoms with Crippen molar-refractivity contribution >= 4 is 5.69 Å². The van der Waals surface area contributed by atoms with Crippen LogP contribution in [-0.4, -0.2) is 31.3 Å². The lowest BCUT2D eigenvalue weighted by Crippen LogP contribution is -2.21. The Morgan fingerprint density at radius 2 is 2.00 bits per heavy atom. The molecule has 4 heteroatoms. The number of rotatable bonds is 6. The highest BCUT2D eigenvalue weighted by molar-refractivity contribution is 5.55. The number of nitrogens with two attached hydrogens (primary N) is 1. The maximum atomic E-state index is 9.77. The van der Waals surface area contributed by atoms with Crippen LogP contribution in [0.3, 0.4) is 0 Å². The minimum Gasteiger partial charge on any atom is -0.504 e. The summed E-state index contributed by atoms with van der Waals surface area (Å²) < 4.78 is 5.29. The Hall–Kier alpha value is -1.42. The zero-order valence-electron chi connectivity index (χ0n) is 9.94. The molecule has 0 aliphatic heterocycles. The topological polar surface area (TPSA) is 58.7 Å². The summed E-state index contributed by atoms with van der Waals surface area (Å²) in [5, 5.41) is 9.77. The summed E-state index contributed by atoms with van der Waals surface area (Å²) in [6.07, 6.45) is 0. The average molecular weight is 224 g/mol. The van der Waals surface area contributed by atoms with E-state index in [0.29, 0.717) is 18.9 Å². The molecule has 0 radical (unpaired) electrons. The van der Waals surface area contributed by atoms with Gasteiger partial charge >= 0.3 is 0 Å². The molecule has 0 bridgehead atoms. The van der Waals surface area contributed by atoms with E-state index in [1.807, 2.05) is 6.07 Å². The first kappa shape index (κ1) is 12.6. The molecular formula is C12H20N2O2. The number of hydrogen-bond donors (Lipinski definition) is 2. The Morgan fingerprint density at radius 3 is 2.50 bits per heavy atom. The number of hydrogen-bond acceptors (Lipinski definition) is 4. The van der Waals surface area contributed by atoms with Crippen molar-refractivity contribution in [1.82, 2.24) is 0 Å². The highest BCUT2D eigenvalue weighted by Gasteiger charge is 2.07. The number of benzene rings is 1. The van der Waals surface area contributed by atoms with Crippen molar-refractivity contribution in [3.63, 3.8) is 0 Å². The van der Waals surface area contributed by atoms with E-state index in [-0.39, 0.29) is 5.75 Å². The van der Waals surface area contributed by atoms with Crippen molar-refractivity contribution < 1.29 is 9.84 Å². The molecule has 0 amide bonds. The number of aromatic hydroxyl groups is 1. The van der Waals surface area contributed by atoms with E-state index in [0.717, 1.165) is 18.8 Å². The van der Waals surface area contributed by atoms with E-state index >= 15 is 0 Å². The Morgan fingerprint density at radius 1 is 1.31 bits per heavy atom. The molecule has 3 N–H and O–H groups in total. The molecule has 0 aliphatic carbocycles. The standard InChI is InChI=1S/C12H20N2O2/c1-3-14(4-2)10-5-6-12(11(15)9-10)16-8-7-13/h5-6,9,15H,3-4,7-8,13H2,1-2H3. The number of phenols is 1. The van der Waals surface area contributed by atoms with Gasteiger partial charge in [0.25, 0.3) is 0 Å². The molecule has 0 atom stereocenters. The van der Waals surface area contributed by atoms with E-state index in [1.54, 1.807) is 12.1 Å². The van der Waals surface area contributed by atoms with Gasteiger partial charge < -0.3 is 20.5 Å². The van der Waals surface area contributed by atoms with Crippen LogP contribution in [0.15, 0.2) is 18.2 Å². The molecule has 0 fully saturated rings. The van der Waals surface area contributed by atoms with E-state index in [2.05, 4.69) is 18.7 Å². The number of anilines is 1. The molecule has 0 aliphatic rings. The third-order valence-electron chi connectivity index (χ3n) is 2.45. The van der Waals surface area contributed by atoms with Gasteiger partial charge in [-0.2, -0.15) is 0 Å². The lowest BCUT2D eigenvalue weighted by molar-refractivity contribution is 0.308. The van der Waals surface area contributed by atoms with E-state index < -0.39 is 0 Å². The fraction of sp³-hybridized carbons (Fsp3) is 0.500. The molecule has 90 valence electrons. The molecule has 16 heavy (non-hydrogen) atoms. The molecule has 0 saturated heterocycles. The monoisotopic (exact) mass is 224 g/mol. The van der Waals surface area contributed by atoms with Crippen LogP contribution in [0.5, 0.6) is 11.5 Å². The van der Waals surface area contributed by atoms with Crippen LogP contribution in [0.25, 0.3) is 0 Å². The number of phenolic OH excluding ortho intramolecular Hbond substituents is 1. The molecule has 1 rings (SSSR count). The number of ether oxygens (including phenoxy) is 1. The maximum Gasteiger partial charge on any atom is 0.161 e. The molecule has 0 saturated carbocycles. The second kappa shape index (κ2) is 6.23. The minimum absolute atomic E-state index is 0.165. The number of nitrogens with zero attached hydrogens (tertiary/aromatic N) is 1. The van der Waals surface area contributed by atoms with E-state index in [1.165, 1.54) is 0 Å². The van der Waals surface area contributed by atoms with Crippen LogP contribution in [0.1, 0.15) is 13.8 Å². The largest absolute Gasteiger partial charge is 0.504 e. The van der Waals surface area contributed by atoms with Gasteiger partial charge in [0.1, 0.15) is 6.61 Å². The van der Waals surface area contributed by atoms with Gasteiger partial charge in [-0.1, -0.05) is 0 Å². The first-order chi connectivity index (χ1) is 7.72. The van der Waals surface area contributed by atoms with Gasteiger partial charge in [0.05, 0.1) is 0 Å². The normalized spacial score (nSPS) is 10.2. The van der Waals surface area contributed by atoms with E-state index in [9.17, 15) is 5.11 Å². The first-order valence-corrected chi connectivity index (χ1v) is 5.63. The van der Waals surface area contributed by atoms with Gasteiger partial charge in [-0.3, -0.25) is 0 Å². The molecule has 1 aromatic carbocycles. The van der Waals surface area contributed by atoms with Crippen LogP contribution in [-0.2, 0) is 0 Å². The van der Waals surface area contributed by atoms with Crippen molar-refractivity contribution in [2.75, 3.05) is 31.1 Å². The van der Waals surface area contributed by atoms with Crippen molar-refractivity contribution in [3.8, 4) is 11.5 Å². The lowest BCUT2D eigenvalue weighted by Gasteiger charge is -2.21. The zero-order valence-corrected chi connectivity index (χ0v) is 9.94. The zero-order chi connectivity index (χ0) is 12.0. The van der Waals surface area contributed by atoms with Crippen molar-refractivity contribution in [1.29, 1.82) is 0 Å². The van der Waals surface area contributed by atoms with Gasteiger partial charge in [-0.25, -0.2) is 0 Å². The second-order valence-corrected chi connectivity index (χ2v) is 3.46. The summed E-state index contributed by atoms with van der Waals surface area (Å²) in [5.41, 5.74) is 6.34. The molecule has 0 unspecified atom stereocenters. The van der Waals surface area contributed by atoms with Crippen molar-refractivity contribution in [3.05, 3.63) is 18.2 Å². The summed E-state index contributed by atoms with van der Waals surface area (Å²) in [6.45, 7) is 6.85. The quantitative estimate of drug-likeness (QED) is 0.770. The van der Waals surface area contributed by atoms with Crippen LogP contribution in [0, 0.1) is 0 Å². The lowest BCUT2D eigenvalue weighted by atomic mass is 10.2. The fourth-order valence-electron chi connectivity index (χ4n) is 1.58. The van der Waals surface area contributed by atoms with Gasteiger partial charge in [0, 0.05) is 31.4 Å². The SMILES string of the molecule is CCN(CC)c1ccc(OCCN)c(O)c1. The van der Waals surface area contributed by atoms with Crippen LogP contribution in [0.4, 0.5) is 5.69 Å². The summed E-state index contributed by atoms with van der Waals surface area (Å²) in [7, 11) is 0. The van der Waals surface area contributed by atoms with Crippen molar-refractivity contribution in [2.24, 2.45) is 5.73 Å². The van der Waals surface area contributed by atoms with Crippen LogP contribution < -0.4 is 15.4 Å². The fourth-order valence-corrected chi connectivity index (χ4v) is 1.58. The predicted octanol–water partition coefficient (Wildman–Crippen LogP) is 1.58. The Bertz CT molecular complexity index is 325. The van der Waals surface area contributed by atoms with Crippen molar-refractivity contribution in [2.45, 2.75) is 13.8 Å². The first-order valence-electron chi connectivity index (χ1n) is 5.63. The second-order valence-electron chi connectivity index (χ2n) is 3.46. The Labute approximate surface area is 96.6 Å². The summed E-state index contributed by atoms with van der Waals surface area (Å²) in [4.78, 5) is 2.16. The average Bonchev–Trinajstić information content (AvgIpc) is 2.29. The molecule has 0 heterocycles. The third-order valence-corrected chi connectivity index (χ3v) is 2.45. The molecule has 0 spiro atoms. The van der Waals surface area contributed by atoms with E-state index in [4.69, 9.17) is 10.5 Å². The Balaban J connectivity index is 2.81. The predicted molar refractivity (Wildman–Crippen MR) is 66.2 cm³/mol. The summed E-state index contributed by atoms with van der Waals surface area (Å²) in [5.74, 6) is 0.652. The van der Waals surface area contributed by atoms with Gasteiger partial charge in [0.15, 0.2) is 11.5 Å². The molecule has 0 aromatic heterocycles. The third kappa shape index (κ3) is 3.03. The molecule has 1 aromatic rings. The Kier molecular flexibility index (Phi) is 4.92. The van der Waals surface area contributed by atoms with Crippen LogP contribution >= 0.6 is 0 Å².